The van der Waals surface area contributed by atoms with Crippen molar-refractivity contribution in [2.45, 2.75) is 0 Å². The number of nitrogens with zero attached hydrogens (tertiary/aromatic N) is 4. The van der Waals surface area contributed by atoms with Crippen LogP contribution in [0.2, 0.25) is 0 Å². The summed E-state index contributed by atoms with van der Waals surface area (Å²) in [5.41, 5.74) is 9.67. The minimum Gasteiger partial charge on any atom is -0.453 e. The van der Waals surface area contributed by atoms with Gasteiger partial charge in [0.2, 0.25) is 5.95 Å². The molecule has 11 aromatic rings. The largest absolute Gasteiger partial charge is 0.453 e. The van der Waals surface area contributed by atoms with Gasteiger partial charge in [-0.05, 0) is 77.9 Å². The monoisotopic (exact) mass is 762 g/mol. The summed E-state index contributed by atoms with van der Waals surface area (Å²) >= 11 is 1.82. The van der Waals surface area contributed by atoms with E-state index in [1.807, 2.05) is 47.7 Å². The zero-order valence-corrected chi connectivity index (χ0v) is 31.2. The molecule has 0 radical (unpaired) electrons. The van der Waals surface area contributed by atoms with E-state index in [0.717, 1.165) is 107 Å². The molecule has 0 saturated carbocycles. The standard InChI is InChI=1S/C50H26N4O3S/c1-4-15-35-32(12-1)45(33-14-7-13-31-30-11-3-6-21-44(30)58-49(31)33)52-50(51-35)53-36-16-5-2-10-29(36)34-24-27(22-23-37(34)53)28-25-42-48-43(26-28)57-41-20-9-18-39-47(41)54(48)46-38(55-39)17-8-19-40(46)56-42/h1-26H. The third-order valence-corrected chi connectivity index (χ3v) is 13.0. The minimum atomic E-state index is 0.632. The van der Waals surface area contributed by atoms with E-state index in [-0.39, 0.29) is 0 Å². The Morgan fingerprint density at radius 1 is 0.431 bits per heavy atom. The number of benzene rings is 8. The van der Waals surface area contributed by atoms with Crippen LogP contribution in [-0.4, -0.2) is 14.5 Å². The molecule has 0 spiro atoms. The van der Waals surface area contributed by atoms with Gasteiger partial charge >= 0.3 is 0 Å². The molecule has 0 fully saturated rings. The molecular formula is C50H26N4O3S. The Kier molecular flexibility index (Phi) is 5.79. The van der Waals surface area contributed by atoms with E-state index in [0.29, 0.717) is 5.95 Å². The molecule has 0 aliphatic carbocycles. The van der Waals surface area contributed by atoms with Gasteiger partial charge in [-0.2, -0.15) is 0 Å². The number of hydrogen-bond acceptors (Lipinski definition) is 7. The molecule has 0 unspecified atom stereocenters. The lowest BCUT2D eigenvalue weighted by Crippen LogP contribution is -2.23. The van der Waals surface area contributed by atoms with Crippen LogP contribution in [0.4, 0.5) is 17.1 Å². The van der Waals surface area contributed by atoms with Crippen molar-refractivity contribution >= 4 is 81.3 Å². The molecule has 6 heterocycles. The Bertz CT molecular complexity index is 3570. The summed E-state index contributed by atoms with van der Waals surface area (Å²) in [5.74, 6) is 5.09. The van der Waals surface area contributed by atoms with E-state index in [2.05, 4.69) is 131 Å². The molecule has 7 nitrogen and oxygen atoms in total. The lowest BCUT2D eigenvalue weighted by atomic mass is 9.98. The highest BCUT2D eigenvalue weighted by molar-refractivity contribution is 7.26. The normalized spacial score (nSPS) is 13.2. The molecule has 0 amide bonds. The molecule has 3 aliphatic heterocycles. The highest BCUT2D eigenvalue weighted by Crippen LogP contribution is 2.67. The van der Waals surface area contributed by atoms with Gasteiger partial charge in [0.05, 0.1) is 22.2 Å². The average molecular weight is 763 g/mol. The van der Waals surface area contributed by atoms with Crippen LogP contribution in [0.25, 0.3) is 81.2 Å². The first-order valence-electron chi connectivity index (χ1n) is 19.2. The molecule has 8 aromatic carbocycles. The fraction of sp³-hybridized carbons (Fsp3) is 0. The molecule has 0 atom stereocenters. The second-order valence-electron chi connectivity index (χ2n) is 14.9. The average Bonchev–Trinajstić information content (AvgIpc) is 3.82. The molecule has 14 rings (SSSR count). The Hall–Kier alpha value is -7.68. The number of rotatable bonds is 3. The van der Waals surface area contributed by atoms with Crippen LogP contribution in [0.1, 0.15) is 0 Å². The smallest absolute Gasteiger partial charge is 0.235 e. The lowest BCUT2D eigenvalue weighted by Gasteiger charge is -2.41. The summed E-state index contributed by atoms with van der Waals surface area (Å²) in [5, 5.41) is 5.75. The summed E-state index contributed by atoms with van der Waals surface area (Å²) < 4.78 is 24.3. The van der Waals surface area contributed by atoms with Crippen LogP contribution in [0, 0.1) is 0 Å². The number of aromatic nitrogens is 3. The number of ether oxygens (including phenoxy) is 3. The van der Waals surface area contributed by atoms with Gasteiger partial charge in [-0.25, -0.2) is 9.97 Å². The molecule has 0 N–H and O–H groups in total. The minimum absolute atomic E-state index is 0.632. The van der Waals surface area contributed by atoms with E-state index in [4.69, 9.17) is 24.2 Å². The molecule has 0 saturated heterocycles. The van der Waals surface area contributed by atoms with Crippen LogP contribution in [0.15, 0.2) is 158 Å². The number of hydrogen-bond donors (Lipinski definition) is 0. The summed E-state index contributed by atoms with van der Waals surface area (Å²) in [7, 11) is 0. The molecule has 3 aromatic heterocycles. The van der Waals surface area contributed by atoms with Crippen LogP contribution >= 0.6 is 11.3 Å². The van der Waals surface area contributed by atoms with Crippen LogP contribution in [0.3, 0.4) is 0 Å². The number of anilines is 3. The second-order valence-corrected chi connectivity index (χ2v) is 16.0. The third kappa shape index (κ3) is 4.01. The van der Waals surface area contributed by atoms with E-state index < -0.39 is 0 Å². The highest BCUT2D eigenvalue weighted by atomic mass is 32.1. The fourth-order valence-corrected chi connectivity index (χ4v) is 10.5. The zero-order chi connectivity index (χ0) is 37.6. The first-order chi connectivity index (χ1) is 28.7. The van der Waals surface area contributed by atoms with Gasteiger partial charge in [-0.1, -0.05) is 91.0 Å². The molecular weight excluding hydrogens is 737 g/mol. The van der Waals surface area contributed by atoms with Crippen molar-refractivity contribution < 1.29 is 14.2 Å². The van der Waals surface area contributed by atoms with Crippen molar-refractivity contribution in [2.24, 2.45) is 0 Å². The van der Waals surface area contributed by atoms with Gasteiger partial charge in [-0.15, -0.1) is 11.3 Å². The van der Waals surface area contributed by atoms with Gasteiger partial charge in [0.1, 0.15) is 17.1 Å². The van der Waals surface area contributed by atoms with Crippen LogP contribution in [0.5, 0.6) is 34.5 Å². The summed E-state index contributed by atoms with van der Waals surface area (Å²) in [6.07, 6.45) is 0. The van der Waals surface area contributed by atoms with Crippen molar-refractivity contribution in [2.75, 3.05) is 4.90 Å². The maximum Gasteiger partial charge on any atom is 0.235 e. The van der Waals surface area contributed by atoms with Crippen molar-refractivity contribution in [3.63, 3.8) is 0 Å². The topological polar surface area (TPSA) is 61.6 Å². The van der Waals surface area contributed by atoms with Crippen LogP contribution < -0.4 is 19.1 Å². The lowest BCUT2D eigenvalue weighted by molar-refractivity contribution is 0.418. The van der Waals surface area contributed by atoms with Crippen molar-refractivity contribution in [1.82, 2.24) is 14.5 Å². The van der Waals surface area contributed by atoms with Gasteiger partial charge in [0.15, 0.2) is 34.5 Å². The predicted molar refractivity (Wildman–Crippen MR) is 233 cm³/mol. The third-order valence-electron chi connectivity index (χ3n) is 11.8. The van der Waals surface area contributed by atoms with E-state index >= 15 is 0 Å². The van der Waals surface area contributed by atoms with Gasteiger partial charge in [0.25, 0.3) is 0 Å². The fourth-order valence-electron chi connectivity index (χ4n) is 9.26. The van der Waals surface area contributed by atoms with Gasteiger partial charge in [-0.3, -0.25) is 9.47 Å². The van der Waals surface area contributed by atoms with Crippen molar-refractivity contribution in [1.29, 1.82) is 0 Å². The predicted octanol–water partition coefficient (Wildman–Crippen LogP) is 14.2. The second kappa shape index (κ2) is 11.0. The summed E-state index contributed by atoms with van der Waals surface area (Å²) in [6, 6.07) is 54.8. The Morgan fingerprint density at radius 2 is 1.03 bits per heavy atom. The van der Waals surface area contributed by atoms with Crippen molar-refractivity contribution in [3.8, 4) is 62.8 Å². The Balaban J connectivity index is 0.963. The quantitative estimate of drug-likeness (QED) is 0.179. The highest BCUT2D eigenvalue weighted by Gasteiger charge is 2.41. The van der Waals surface area contributed by atoms with Gasteiger partial charge < -0.3 is 14.2 Å². The number of thiophene rings is 1. The molecule has 0 bridgehead atoms. The van der Waals surface area contributed by atoms with Crippen LogP contribution in [-0.2, 0) is 0 Å². The maximum atomic E-state index is 6.64. The maximum absolute atomic E-state index is 6.64. The Morgan fingerprint density at radius 3 is 1.81 bits per heavy atom. The molecule has 8 heteroatoms. The number of para-hydroxylation sites is 4. The van der Waals surface area contributed by atoms with E-state index in [9.17, 15) is 0 Å². The molecule has 3 aliphatic rings. The first-order valence-corrected chi connectivity index (χ1v) is 20.0. The summed E-state index contributed by atoms with van der Waals surface area (Å²) in [6.45, 7) is 0. The van der Waals surface area contributed by atoms with Gasteiger partial charge in [0, 0.05) is 41.9 Å². The first kappa shape index (κ1) is 30.5. The SMILES string of the molecule is c1cc2c3c(c1)Oc1cc(-c4ccc5c(c4)c4ccccc4n5-c4nc(-c5cccc6c5sc5ccccc56)c5ccccc5n4)cc4c1N3c1c(cccc1O4)O2. The van der Waals surface area contributed by atoms with E-state index in [1.165, 1.54) is 20.2 Å². The Labute approximate surface area is 334 Å². The van der Waals surface area contributed by atoms with E-state index in [1.54, 1.807) is 0 Å². The summed E-state index contributed by atoms with van der Waals surface area (Å²) in [4.78, 5) is 12.9. The van der Waals surface area contributed by atoms with Crippen molar-refractivity contribution in [3.05, 3.63) is 158 Å². The zero-order valence-electron chi connectivity index (χ0n) is 30.4. The molecule has 58 heavy (non-hydrogen) atoms. The molecule has 270 valence electrons. The number of fused-ring (bicyclic) bond motifs is 7.